The highest BCUT2D eigenvalue weighted by molar-refractivity contribution is 5.95. The number of phenolic OH excluding ortho intramolecular Hbond substituents is 1. The van der Waals surface area contributed by atoms with E-state index in [4.69, 9.17) is 5.11 Å². The first kappa shape index (κ1) is 15.2. The Bertz CT molecular complexity index is 691. The van der Waals surface area contributed by atoms with Gasteiger partial charge in [-0.3, -0.25) is 4.79 Å². The van der Waals surface area contributed by atoms with E-state index in [0.29, 0.717) is 11.1 Å². The van der Waals surface area contributed by atoms with Crippen LogP contribution in [-0.4, -0.2) is 30.3 Å². The molecule has 0 aromatic heterocycles. The molecule has 0 unspecified atom stereocenters. The van der Waals surface area contributed by atoms with Crippen LogP contribution in [0.5, 0.6) is 5.75 Å². The van der Waals surface area contributed by atoms with E-state index in [1.165, 1.54) is 37.6 Å². The Hall–Kier alpha value is -3.15. The van der Waals surface area contributed by atoms with Crippen LogP contribution >= 0.6 is 0 Å². The fraction of sp³-hybridized carbons (Fsp3) is 0.0625. The van der Waals surface area contributed by atoms with Crippen LogP contribution in [0, 0.1) is 0 Å². The normalized spacial score (nSPS) is 10.4. The van der Waals surface area contributed by atoms with Gasteiger partial charge >= 0.3 is 5.97 Å². The van der Waals surface area contributed by atoms with Gasteiger partial charge in [-0.15, -0.1) is 0 Å². The van der Waals surface area contributed by atoms with Crippen LogP contribution in [0.4, 0.5) is 0 Å². The molecular formula is C16H14N2O4. The molecule has 0 fully saturated rings. The van der Waals surface area contributed by atoms with E-state index in [1.54, 1.807) is 24.3 Å². The molecule has 0 heterocycles. The molecule has 0 saturated heterocycles. The summed E-state index contributed by atoms with van der Waals surface area (Å²) in [6.45, 7) is 0. The number of benzene rings is 2. The van der Waals surface area contributed by atoms with Gasteiger partial charge in [0, 0.05) is 5.56 Å². The summed E-state index contributed by atoms with van der Waals surface area (Å²) in [7, 11) is 1.32. The highest BCUT2D eigenvalue weighted by Gasteiger charge is 2.04. The van der Waals surface area contributed by atoms with Crippen molar-refractivity contribution in [3.63, 3.8) is 0 Å². The molecule has 0 bridgehead atoms. The fourth-order valence-corrected chi connectivity index (χ4v) is 1.67. The standard InChI is InChI=1S/C16H14N2O4/c1-22-16(21)13-4-2-11(3-5-13)10-17-18-15(20)12-6-8-14(19)9-7-12/h2-10,19H,1H3,(H,18,20)/b17-10-. The average Bonchev–Trinajstić information content (AvgIpc) is 2.55. The second-order valence-electron chi connectivity index (χ2n) is 4.36. The van der Waals surface area contributed by atoms with E-state index in [1.807, 2.05) is 0 Å². The van der Waals surface area contributed by atoms with Gasteiger partial charge < -0.3 is 9.84 Å². The Labute approximate surface area is 127 Å². The number of phenols is 1. The van der Waals surface area contributed by atoms with Gasteiger partial charge in [0.1, 0.15) is 5.75 Å². The van der Waals surface area contributed by atoms with Crippen LogP contribution < -0.4 is 5.43 Å². The van der Waals surface area contributed by atoms with Crippen LogP contribution in [0.1, 0.15) is 26.3 Å². The zero-order valence-corrected chi connectivity index (χ0v) is 11.8. The molecule has 0 atom stereocenters. The number of nitrogens with zero attached hydrogens (tertiary/aromatic N) is 1. The third-order valence-electron chi connectivity index (χ3n) is 2.84. The molecule has 0 radical (unpaired) electrons. The van der Waals surface area contributed by atoms with Crippen molar-refractivity contribution < 1.29 is 19.4 Å². The summed E-state index contributed by atoms with van der Waals surface area (Å²) in [5.74, 6) is -0.711. The number of hydrogen-bond acceptors (Lipinski definition) is 5. The molecule has 0 spiro atoms. The van der Waals surface area contributed by atoms with Crippen molar-refractivity contribution in [1.82, 2.24) is 5.43 Å². The van der Waals surface area contributed by atoms with Crippen molar-refractivity contribution in [2.75, 3.05) is 7.11 Å². The van der Waals surface area contributed by atoms with Gasteiger partial charge in [0.2, 0.25) is 0 Å². The van der Waals surface area contributed by atoms with Crippen LogP contribution in [0.2, 0.25) is 0 Å². The molecule has 2 aromatic carbocycles. The summed E-state index contributed by atoms with van der Waals surface area (Å²) >= 11 is 0. The van der Waals surface area contributed by atoms with E-state index in [0.717, 1.165) is 5.56 Å². The van der Waals surface area contributed by atoms with E-state index in [9.17, 15) is 9.59 Å². The van der Waals surface area contributed by atoms with Gasteiger partial charge in [0.25, 0.3) is 5.91 Å². The fourth-order valence-electron chi connectivity index (χ4n) is 1.67. The molecule has 22 heavy (non-hydrogen) atoms. The lowest BCUT2D eigenvalue weighted by molar-refractivity contribution is 0.0600. The number of hydrogen-bond donors (Lipinski definition) is 2. The van der Waals surface area contributed by atoms with E-state index in [2.05, 4.69) is 15.3 Å². The third kappa shape index (κ3) is 3.92. The molecular weight excluding hydrogens is 284 g/mol. The number of ether oxygens (including phenoxy) is 1. The van der Waals surface area contributed by atoms with Crippen molar-refractivity contribution in [3.8, 4) is 5.75 Å². The topological polar surface area (TPSA) is 88.0 Å². The van der Waals surface area contributed by atoms with Crippen molar-refractivity contribution in [3.05, 3.63) is 65.2 Å². The number of methoxy groups -OCH3 is 1. The maximum atomic E-state index is 11.8. The number of nitrogens with one attached hydrogen (secondary N) is 1. The second-order valence-corrected chi connectivity index (χ2v) is 4.36. The number of carbonyl (C=O) groups excluding carboxylic acids is 2. The van der Waals surface area contributed by atoms with E-state index < -0.39 is 5.97 Å². The SMILES string of the molecule is COC(=O)c1ccc(/C=N\NC(=O)c2ccc(O)cc2)cc1. The van der Waals surface area contributed by atoms with E-state index in [-0.39, 0.29) is 11.7 Å². The first-order valence-corrected chi connectivity index (χ1v) is 6.41. The molecule has 6 heteroatoms. The van der Waals surface area contributed by atoms with Crippen LogP contribution in [0.3, 0.4) is 0 Å². The Morgan fingerprint density at radius 2 is 1.64 bits per heavy atom. The highest BCUT2D eigenvalue weighted by Crippen LogP contribution is 2.09. The predicted octanol–water partition coefficient (Wildman–Crippen LogP) is 1.94. The van der Waals surface area contributed by atoms with Crippen molar-refractivity contribution in [2.45, 2.75) is 0 Å². The Kier molecular flexibility index (Phi) is 4.87. The first-order valence-electron chi connectivity index (χ1n) is 6.41. The van der Waals surface area contributed by atoms with Crippen LogP contribution in [0.15, 0.2) is 53.6 Å². The quantitative estimate of drug-likeness (QED) is 0.513. The minimum atomic E-state index is -0.413. The summed E-state index contributed by atoms with van der Waals surface area (Å²) in [4.78, 5) is 23.0. The van der Waals surface area contributed by atoms with Gasteiger partial charge in [-0.1, -0.05) is 12.1 Å². The molecule has 112 valence electrons. The Balaban J connectivity index is 1.96. The van der Waals surface area contributed by atoms with Crippen LogP contribution in [-0.2, 0) is 4.74 Å². The number of esters is 1. The molecule has 0 aliphatic heterocycles. The van der Waals surface area contributed by atoms with E-state index >= 15 is 0 Å². The van der Waals surface area contributed by atoms with Crippen molar-refractivity contribution >= 4 is 18.1 Å². The Morgan fingerprint density at radius 3 is 2.23 bits per heavy atom. The molecule has 1 amide bonds. The summed E-state index contributed by atoms with van der Waals surface area (Å²) in [6, 6.07) is 12.4. The summed E-state index contributed by atoms with van der Waals surface area (Å²) in [6.07, 6.45) is 1.46. The first-order chi connectivity index (χ1) is 10.6. The van der Waals surface area contributed by atoms with Crippen molar-refractivity contribution in [2.24, 2.45) is 5.10 Å². The maximum absolute atomic E-state index is 11.8. The molecule has 0 aliphatic rings. The van der Waals surface area contributed by atoms with Gasteiger partial charge in [-0.2, -0.15) is 5.10 Å². The van der Waals surface area contributed by atoms with Gasteiger partial charge in [0.05, 0.1) is 18.9 Å². The largest absolute Gasteiger partial charge is 0.508 e. The number of hydrazone groups is 1. The molecule has 2 aromatic rings. The molecule has 0 aliphatic carbocycles. The molecule has 2 N–H and O–H groups in total. The number of carbonyl (C=O) groups is 2. The van der Waals surface area contributed by atoms with Gasteiger partial charge in [-0.25, -0.2) is 10.2 Å². The van der Waals surface area contributed by atoms with Crippen LogP contribution in [0.25, 0.3) is 0 Å². The van der Waals surface area contributed by atoms with Gasteiger partial charge in [-0.05, 0) is 42.0 Å². The minimum Gasteiger partial charge on any atom is -0.508 e. The lowest BCUT2D eigenvalue weighted by Crippen LogP contribution is -2.17. The highest BCUT2D eigenvalue weighted by atomic mass is 16.5. The third-order valence-corrected chi connectivity index (χ3v) is 2.84. The molecule has 0 saturated carbocycles. The Morgan fingerprint density at radius 1 is 1.05 bits per heavy atom. The molecule has 6 nitrogen and oxygen atoms in total. The minimum absolute atomic E-state index is 0.0887. The second kappa shape index (κ2) is 7.03. The number of aromatic hydroxyl groups is 1. The average molecular weight is 298 g/mol. The monoisotopic (exact) mass is 298 g/mol. The summed E-state index contributed by atoms with van der Waals surface area (Å²) in [5, 5.41) is 13.0. The predicted molar refractivity (Wildman–Crippen MR) is 80.9 cm³/mol. The van der Waals surface area contributed by atoms with Gasteiger partial charge in [0.15, 0.2) is 0 Å². The number of rotatable bonds is 4. The zero-order chi connectivity index (χ0) is 15.9. The lowest BCUT2D eigenvalue weighted by Gasteiger charge is -2.01. The summed E-state index contributed by atoms with van der Waals surface area (Å²) < 4.78 is 4.60. The zero-order valence-electron chi connectivity index (χ0n) is 11.8. The smallest absolute Gasteiger partial charge is 0.337 e. The number of amides is 1. The molecule has 2 rings (SSSR count). The van der Waals surface area contributed by atoms with Crippen molar-refractivity contribution in [1.29, 1.82) is 0 Å². The maximum Gasteiger partial charge on any atom is 0.337 e. The lowest BCUT2D eigenvalue weighted by atomic mass is 10.1. The summed E-state index contributed by atoms with van der Waals surface area (Å²) in [5.41, 5.74) is 3.92.